The molecule has 4 rings (SSSR count). The fraction of sp³-hybridized carbons (Fsp3) is 0. The van der Waals surface area contributed by atoms with Gasteiger partial charge in [-0.25, -0.2) is 15.0 Å². The van der Waals surface area contributed by atoms with Crippen molar-refractivity contribution < 1.29 is 0 Å². The van der Waals surface area contributed by atoms with E-state index >= 15 is 0 Å². The van der Waals surface area contributed by atoms with Crippen LogP contribution in [-0.2, 0) is 0 Å². The molecule has 1 aromatic carbocycles. The van der Waals surface area contributed by atoms with Crippen molar-refractivity contribution in [3.05, 3.63) is 60.9 Å². The third kappa shape index (κ3) is 3.17. The zero-order chi connectivity index (χ0) is 16.4. The second kappa shape index (κ2) is 6.46. The minimum atomic E-state index is 0.755. The van der Waals surface area contributed by atoms with Crippen LogP contribution >= 0.6 is 23.1 Å². The SMILES string of the molecule is Nc1ccc(Sc2cccnc2Nc2nc3cccnc3s2)cc1. The largest absolute Gasteiger partial charge is 0.399 e. The van der Waals surface area contributed by atoms with Gasteiger partial charge in [0.05, 0.1) is 4.90 Å². The van der Waals surface area contributed by atoms with Gasteiger partial charge in [-0.2, -0.15) is 0 Å². The Balaban J connectivity index is 1.62. The van der Waals surface area contributed by atoms with Crippen LogP contribution < -0.4 is 11.1 Å². The number of nitrogen functional groups attached to an aromatic ring is 1. The van der Waals surface area contributed by atoms with Crippen LogP contribution in [0, 0.1) is 0 Å². The maximum atomic E-state index is 5.74. The molecule has 0 unspecified atom stereocenters. The molecule has 0 atom stereocenters. The molecule has 0 saturated carbocycles. The molecule has 3 N–H and O–H groups in total. The number of nitrogens with zero attached hydrogens (tertiary/aromatic N) is 3. The summed E-state index contributed by atoms with van der Waals surface area (Å²) in [7, 11) is 0. The predicted octanol–water partition coefficient (Wildman–Crippen LogP) is 4.56. The van der Waals surface area contributed by atoms with Gasteiger partial charge in [-0.1, -0.05) is 23.1 Å². The van der Waals surface area contributed by atoms with Crippen molar-refractivity contribution >= 4 is 50.1 Å². The molecule has 0 saturated heterocycles. The number of hydrogen-bond donors (Lipinski definition) is 2. The fourth-order valence-electron chi connectivity index (χ4n) is 2.15. The van der Waals surface area contributed by atoms with Crippen molar-refractivity contribution in [1.29, 1.82) is 0 Å². The Bertz CT molecular complexity index is 949. The van der Waals surface area contributed by atoms with Crippen LogP contribution in [-0.4, -0.2) is 15.0 Å². The quantitative estimate of drug-likeness (QED) is 0.525. The number of benzene rings is 1. The van der Waals surface area contributed by atoms with Crippen LogP contribution in [0.1, 0.15) is 0 Å². The Morgan fingerprint density at radius 1 is 0.958 bits per heavy atom. The van der Waals surface area contributed by atoms with E-state index in [1.807, 2.05) is 48.5 Å². The first-order valence-electron chi connectivity index (χ1n) is 7.25. The maximum Gasteiger partial charge on any atom is 0.190 e. The van der Waals surface area contributed by atoms with Gasteiger partial charge in [-0.3, -0.25) is 0 Å². The molecule has 118 valence electrons. The van der Waals surface area contributed by atoms with Gasteiger partial charge < -0.3 is 11.1 Å². The van der Waals surface area contributed by atoms with E-state index in [1.54, 1.807) is 24.2 Å². The Morgan fingerprint density at radius 2 is 1.75 bits per heavy atom. The lowest BCUT2D eigenvalue weighted by Gasteiger charge is -2.08. The van der Waals surface area contributed by atoms with E-state index < -0.39 is 0 Å². The first kappa shape index (κ1) is 14.9. The smallest absolute Gasteiger partial charge is 0.190 e. The van der Waals surface area contributed by atoms with Gasteiger partial charge in [0.15, 0.2) is 5.13 Å². The van der Waals surface area contributed by atoms with Gasteiger partial charge in [0.2, 0.25) is 0 Å². The molecule has 0 spiro atoms. The van der Waals surface area contributed by atoms with Crippen LogP contribution in [0.4, 0.5) is 16.6 Å². The highest BCUT2D eigenvalue weighted by molar-refractivity contribution is 7.99. The van der Waals surface area contributed by atoms with E-state index in [1.165, 1.54) is 11.3 Å². The number of rotatable bonds is 4. The Kier molecular flexibility index (Phi) is 4.02. The molecule has 3 heterocycles. The normalized spacial score (nSPS) is 10.8. The van der Waals surface area contributed by atoms with Crippen LogP contribution in [0.25, 0.3) is 10.3 Å². The highest BCUT2D eigenvalue weighted by atomic mass is 32.2. The van der Waals surface area contributed by atoms with E-state index in [-0.39, 0.29) is 0 Å². The summed E-state index contributed by atoms with van der Waals surface area (Å²) < 4.78 is 0. The number of thiazole rings is 1. The highest BCUT2D eigenvalue weighted by Gasteiger charge is 2.09. The highest BCUT2D eigenvalue weighted by Crippen LogP contribution is 2.35. The third-order valence-corrected chi connectivity index (χ3v) is 5.22. The Hall–Kier alpha value is -2.64. The second-order valence-electron chi connectivity index (χ2n) is 4.99. The van der Waals surface area contributed by atoms with E-state index in [2.05, 4.69) is 20.3 Å². The second-order valence-corrected chi connectivity index (χ2v) is 7.09. The van der Waals surface area contributed by atoms with Crippen LogP contribution in [0.15, 0.2) is 70.7 Å². The third-order valence-electron chi connectivity index (χ3n) is 3.27. The number of fused-ring (bicyclic) bond motifs is 1. The van der Waals surface area contributed by atoms with Crippen LogP contribution in [0.2, 0.25) is 0 Å². The summed E-state index contributed by atoms with van der Waals surface area (Å²) in [5.74, 6) is 0.776. The van der Waals surface area contributed by atoms with Crippen molar-refractivity contribution in [2.24, 2.45) is 0 Å². The lowest BCUT2D eigenvalue weighted by atomic mass is 10.3. The van der Waals surface area contributed by atoms with Crippen molar-refractivity contribution in [3.8, 4) is 0 Å². The number of nitrogens with one attached hydrogen (secondary N) is 1. The summed E-state index contributed by atoms with van der Waals surface area (Å²) in [4.78, 5) is 16.3. The number of nitrogens with two attached hydrogens (primary N) is 1. The molecule has 5 nitrogen and oxygen atoms in total. The molecule has 0 aliphatic heterocycles. The Labute approximate surface area is 147 Å². The lowest BCUT2D eigenvalue weighted by Crippen LogP contribution is -1.94. The first-order chi connectivity index (χ1) is 11.8. The number of aromatic nitrogens is 3. The maximum absolute atomic E-state index is 5.74. The van der Waals surface area contributed by atoms with Crippen molar-refractivity contribution in [2.75, 3.05) is 11.1 Å². The molecule has 24 heavy (non-hydrogen) atoms. The molecule has 4 aromatic rings. The monoisotopic (exact) mass is 351 g/mol. The Morgan fingerprint density at radius 3 is 2.58 bits per heavy atom. The minimum Gasteiger partial charge on any atom is -0.399 e. The van der Waals surface area contributed by atoms with E-state index in [4.69, 9.17) is 5.73 Å². The van der Waals surface area contributed by atoms with E-state index in [9.17, 15) is 0 Å². The molecule has 0 bridgehead atoms. The summed E-state index contributed by atoms with van der Waals surface area (Å²) in [6.45, 7) is 0. The van der Waals surface area contributed by atoms with Crippen molar-refractivity contribution in [3.63, 3.8) is 0 Å². The zero-order valence-electron chi connectivity index (χ0n) is 12.5. The van der Waals surface area contributed by atoms with Gasteiger partial charge in [-0.15, -0.1) is 0 Å². The van der Waals surface area contributed by atoms with Gasteiger partial charge in [0.25, 0.3) is 0 Å². The number of anilines is 3. The topological polar surface area (TPSA) is 76.7 Å². The molecular weight excluding hydrogens is 338 g/mol. The van der Waals surface area contributed by atoms with Crippen molar-refractivity contribution in [1.82, 2.24) is 15.0 Å². The number of hydrogen-bond acceptors (Lipinski definition) is 7. The molecular formula is C17H13N5S2. The van der Waals surface area contributed by atoms with Crippen LogP contribution in [0.5, 0.6) is 0 Å². The van der Waals surface area contributed by atoms with Gasteiger partial charge in [0.1, 0.15) is 16.2 Å². The fourth-order valence-corrected chi connectivity index (χ4v) is 3.83. The van der Waals surface area contributed by atoms with Gasteiger partial charge in [-0.05, 0) is 48.5 Å². The van der Waals surface area contributed by atoms with Gasteiger partial charge in [0, 0.05) is 23.0 Å². The van der Waals surface area contributed by atoms with Gasteiger partial charge >= 0.3 is 0 Å². The van der Waals surface area contributed by atoms with E-state index in [0.717, 1.165) is 36.8 Å². The van der Waals surface area contributed by atoms with E-state index in [0.29, 0.717) is 0 Å². The standard InChI is InChI=1S/C17H13N5S2/c18-11-5-7-12(8-6-11)23-14-4-2-9-19-15(14)22-17-21-13-3-1-10-20-16(13)24-17/h1-10H,18H2,(H,19,21,22). The summed E-state index contributed by atoms with van der Waals surface area (Å²) in [5, 5.41) is 4.08. The summed E-state index contributed by atoms with van der Waals surface area (Å²) in [6.07, 6.45) is 3.54. The molecule has 0 amide bonds. The van der Waals surface area contributed by atoms with Crippen molar-refractivity contribution in [2.45, 2.75) is 9.79 Å². The summed E-state index contributed by atoms with van der Waals surface area (Å²) in [6, 6.07) is 15.6. The zero-order valence-corrected chi connectivity index (χ0v) is 14.1. The molecule has 0 aliphatic rings. The molecule has 0 radical (unpaired) electrons. The summed E-state index contributed by atoms with van der Waals surface area (Å²) in [5.41, 5.74) is 7.38. The molecule has 3 aromatic heterocycles. The molecule has 0 aliphatic carbocycles. The number of pyridine rings is 2. The lowest BCUT2D eigenvalue weighted by molar-refractivity contribution is 1.22. The average Bonchev–Trinajstić information content (AvgIpc) is 3.01. The molecule has 7 heteroatoms. The predicted molar refractivity (Wildman–Crippen MR) is 99.9 cm³/mol. The molecule has 0 fully saturated rings. The summed E-state index contributed by atoms with van der Waals surface area (Å²) >= 11 is 3.14. The van der Waals surface area contributed by atoms with Crippen LogP contribution in [0.3, 0.4) is 0 Å². The minimum absolute atomic E-state index is 0.755. The average molecular weight is 351 g/mol. The first-order valence-corrected chi connectivity index (χ1v) is 8.88.